The zero-order valence-electron chi connectivity index (χ0n) is 25.1. The molecule has 0 spiro atoms. The third-order valence-electron chi connectivity index (χ3n) is 8.99. The predicted octanol–water partition coefficient (Wildman–Crippen LogP) is 5.93. The van der Waals surface area contributed by atoms with Gasteiger partial charge in [0.25, 0.3) is 0 Å². The Morgan fingerprint density at radius 3 is 2.39 bits per heavy atom. The average Bonchev–Trinajstić information content (AvgIpc) is 2.85. The first kappa shape index (κ1) is 31.0. The van der Waals surface area contributed by atoms with Crippen molar-refractivity contribution in [3.05, 3.63) is 48.0 Å². The van der Waals surface area contributed by atoms with Gasteiger partial charge in [-0.25, -0.2) is 0 Å². The van der Waals surface area contributed by atoms with Gasteiger partial charge in [-0.3, -0.25) is 4.79 Å². The lowest BCUT2D eigenvalue weighted by Crippen LogP contribution is -2.68. The van der Waals surface area contributed by atoms with Crippen LogP contribution in [0.25, 0.3) is 0 Å². The van der Waals surface area contributed by atoms with Crippen molar-refractivity contribution in [2.24, 2.45) is 10.8 Å². The number of rotatable bonds is 9. The Kier molecular flexibility index (Phi) is 9.70. The number of fused-ring (bicyclic) bond motifs is 1. The maximum Gasteiger partial charge on any atom is 0.223 e. The van der Waals surface area contributed by atoms with Crippen molar-refractivity contribution in [3.63, 3.8) is 0 Å². The molecule has 2 fully saturated rings. The molecule has 0 bridgehead atoms. The van der Waals surface area contributed by atoms with Crippen molar-refractivity contribution in [3.8, 4) is 0 Å². The molecule has 1 amide bonds. The maximum atomic E-state index is 13.5. The van der Waals surface area contributed by atoms with Crippen molar-refractivity contribution < 1.29 is 28.2 Å². The van der Waals surface area contributed by atoms with Gasteiger partial charge in [0, 0.05) is 50.6 Å². The number of hydrogen-bond donors (Lipinski definition) is 0. The van der Waals surface area contributed by atoms with Crippen molar-refractivity contribution in [1.82, 2.24) is 4.90 Å². The first-order valence-electron chi connectivity index (χ1n) is 13.7. The molecular weight excluding hydrogens is 498 g/mol. The molecule has 3 rings (SSSR count). The molecule has 2 heterocycles. The third-order valence-corrected chi connectivity index (χ3v) is 13.5. The number of hydrogen-bond acceptors (Lipinski definition) is 6. The molecule has 0 aromatic heterocycles. The average molecular weight is 548 g/mol. The van der Waals surface area contributed by atoms with E-state index >= 15 is 0 Å². The Balaban J connectivity index is 2.07. The number of nitrogens with zero attached hydrogens (tertiary/aromatic N) is 1. The van der Waals surface area contributed by atoms with Crippen LogP contribution in [0, 0.1) is 10.8 Å². The summed E-state index contributed by atoms with van der Waals surface area (Å²) in [6.07, 6.45) is 3.15. The first-order chi connectivity index (χ1) is 17.7. The molecule has 2 saturated heterocycles. The van der Waals surface area contributed by atoms with Gasteiger partial charge < -0.3 is 28.3 Å². The lowest BCUT2D eigenvalue weighted by atomic mass is 9.54. The van der Waals surface area contributed by atoms with E-state index in [0.717, 1.165) is 5.56 Å². The van der Waals surface area contributed by atoms with E-state index in [0.29, 0.717) is 19.6 Å². The SMILES string of the molecule is C/C=C/[C@@]1(CC(=O)N(C)C)[C@@H]2OC(c3ccccc3)OC[C@H]2O[C@H](OC)[C@]1(C)CCO[Si](C)(C)C(C)(C)C. The normalized spacial score (nSPS) is 32.3. The van der Waals surface area contributed by atoms with Crippen LogP contribution in [0.2, 0.25) is 18.1 Å². The second-order valence-electron chi connectivity index (χ2n) is 12.7. The summed E-state index contributed by atoms with van der Waals surface area (Å²) in [5, 5.41) is 0.0940. The van der Waals surface area contributed by atoms with Crippen LogP contribution in [0.4, 0.5) is 0 Å². The summed E-state index contributed by atoms with van der Waals surface area (Å²) in [6.45, 7) is 16.3. The number of methoxy groups -OCH3 is 1. The van der Waals surface area contributed by atoms with Gasteiger partial charge in [-0.1, -0.05) is 70.2 Å². The molecule has 6 atom stereocenters. The minimum Gasteiger partial charge on any atom is -0.417 e. The largest absolute Gasteiger partial charge is 0.417 e. The van der Waals surface area contributed by atoms with Crippen molar-refractivity contribution in [2.75, 3.05) is 34.4 Å². The van der Waals surface area contributed by atoms with Crippen LogP contribution in [0.1, 0.15) is 59.3 Å². The number of allylic oxidation sites excluding steroid dienone is 1. The van der Waals surface area contributed by atoms with Gasteiger partial charge in [0.15, 0.2) is 20.9 Å². The Morgan fingerprint density at radius 1 is 1.18 bits per heavy atom. The van der Waals surface area contributed by atoms with Gasteiger partial charge in [0.1, 0.15) is 6.10 Å². The fraction of sp³-hybridized carbons (Fsp3) is 0.700. The van der Waals surface area contributed by atoms with E-state index in [9.17, 15) is 4.79 Å². The molecule has 8 heteroatoms. The zero-order valence-corrected chi connectivity index (χ0v) is 26.1. The number of amides is 1. The van der Waals surface area contributed by atoms with Crippen LogP contribution in [0.15, 0.2) is 42.5 Å². The van der Waals surface area contributed by atoms with Crippen LogP contribution in [-0.2, 0) is 28.2 Å². The van der Waals surface area contributed by atoms with Gasteiger partial charge in [-0.15, -0.1) is 0 Å². The Bertz CT molecular complexity index is 961. The molecule has 0 N–H and O–H groups in total. The Morgan fingerprint density at radius 2 is 1.84 bits per heavy atom. The number of benzene rings is 1. The summed E-state index contributed by atoms with van der Waals surface area (Å²) in [5.74, 6) is 0.0292. The van der Waals surface area contributed by atoms with Crippen molar-refractivity contribution >= 4 is 14.2 Å². The Labute approximate surface area is 230 Å². The molecule has 2 aliphatic heterocycles. The fourth-order valence-electron chi connectivity index (χ4n) is 5.49. The monoisotopic (exact) mass is 547 g/mol. The summed E-state index contributed by atoms with van der Waals surface area (Å²) in [6, 6.07) is 9.93. The zero-order chi connectivity index (χ0) is 28.4. The van der Waals surface area contributed by atoms with Crippen LogP contribution >= 0.6 is 0 Å². The van der Waals surface area contributed by atoms with Crippen molar-refractivity contribution in [1.29, 1.82) is 0 Å². The Hall–Kier alpha value is -1.55. The van der Waals surface area contributed by atoms with Gasteiger partial charge in [-0.2, -0.15) is 0 Å². The molecular formula is C30H49NO6Si. The second-order valence-corrected chi connectivity index (χ2v) is 17.5. The summed E-state index contributed by atoms with van der Waals surface area (Å²) in [5.41, 5.74) is -0.404. The van der Waals surface area contributed by atoms with Crippen LogP contribution in [0.3, 0.4) is 0 Å². The molecule has 0 aliphatic carbocycles. The summed E-state index contributed by atoms with van der Waals surface area (Å²) in [7, 11) is 3.28. The highest BCUT2D eigenvalue weighted by Gasteiger charge is 2.65. The minimum absolute atomic E-state index is 0.0292. The molecule has 0 saturated carbocycles. The quantitative estimate of drug-likeness (QED) is 0.282. The van der Waals surface area contributed by atoms with E-state index < -0.39 is 37.8 Å². The highest BCUT2D eigenvalue weighted by Crippen LogP contribution is 2.59. The lowest BCUT2D eigenvalue weighted by Gasteiger charge is -2.61. The van der Waals surface area contributed by atoms with Gasteiger partial charge >= 0.3 is 0 Å². The summed E-state index contributed by atoms with van der Waals surface area (Å²) < 4.78 is 32.1. The summed E-state index contributed by atoms with van der Waals surface area (Å²) in [4.78, 5) is 15.1. The first-order valence-corrected chi connectivity index (χ1v) is 16.6. The second kappa shape index (κ2) is 11.9. The lowest BCUT2D eigenvalue weighted by molar-refractivity contribution is -0.378. The molecule has 2 aliphatic rings. The van der Waals surface area contributed by atoms with Gasteiger partial charge in [0.2, 0.25) is 5.91 Å². The highest BCUT2D eigenvalue weighted by atomic mass is 28.4. The highest BCUT2D eigenvalue weighted by molar-refractivity contribution is 6.74. The van der Waals surface area contributed by atoms with Crippen LogP contribution < -0.4 is 0 Å². The van der Waals surface area contributed by atoms with Crippen molar-refractivity contribution in [2.45, 2.75) is 90.4 Å². The van der Waals surface area contributed by atoms with Gasteiger partial charge in [0.05, 0.1) is 12.7 Å². The fourth-order valence-corrected chi connectivity index (χ4v) is 6.53. The molecule has 7 nitrogen and oxygen atoms in total. The minimum atomic E-state index is -1.99. The van der Waals surface area contributed by atoms with E-state index in [2.05, 4.69) is 46.9 Å². The smallest absolute Gasteiger partial charge is 0.223 e. The van der Waals surface area contributed by atoms with E-state index in [1.807, 2.05) is 43.3 Å². The topological polar surface area (TPSA) is 66.5 Å². The molecule has 1 aromatic carbocycles. The van der Waals surface area contributed by atoms with Gasteiger partial charge in [-0.05, 0) is 31.5 Å². The maximum absolute atomic E-state index is 13.5. The van der Waals surface area contributed by atoms with E-state index in [4.69, 9.17) is 23.4 Å². The summed E-state index contributed by atoms with van der Waals surface area (Å²) >= 11 is 0. The number of carbonyl (C=O) groups is 1. The standard InChI is InChI=1S/C30H49NO6Si/c1-11-17-30(20-24(32)31(6)7)25-23(21-34-26(37-25)22-15-13-12-14-16-22)36-27(33-8)29(30,5)18-19-35-38(9,10)28(2,3)4/h11-17,23,25-27H,18-21H2,1-10H3/b17-11+/t23-,25-,26?,27+,29+,30-/m1/s1. The van der Waals surface area contributed by atoms with Crippen LogP contribution in [0.5, 0.6) is 0 Å². The molecule has 1 aromatic rings. The van der Waals surface area contributed by atoms with Crippen LogP contribution in [-0.4, -0.2) is 72.0 Å². The van der Waals surface area contributed by atoms with E-state index in [-0.39, 0.29) is 23.5 Å². The number of ether oxygens (including phenoxy) is 4. The molecule has 1 unspecified atom stereocenters. The molecule has 38 heavy (non-hydrogen) atoms. The van der Waals surface area contributed by atoms with E-state index in [1.165, 1.54) is 0 Å². The molecule has 0 radical (unpaired) electrons. The number of carbonyl (C=O) groups excluding carboxylic acids is 1. The third kappa shape index (κ3) is 5.95. The van der Waals surface area contributed by atoms with E-state index in [1.54, 1.807) is 26.1 Å². The predicted molar refractivity (Wildman–Crippen MR) is 152 cm³/mol. The molecule has 214 valence electrons.